The zero-order valence-corrected chi connectivity index (χ0v) is 14.8. The molecule has 1 saturated carbocycles. The second kappa shape index (κ2) is 6.92. The number of rotatable bonds is 4. The lowest BCUT2D eigenvalue weighted by Gasteiger charge is -2.39. The van der Waals surface area contributed by atoms with Crippen LogP contribution in [0.25, 0.3) is 0 Å². The molecular weight excluding hydrogens is 346 g/mol. The number of carboxylic acids is 1. The summed E-state index contributed by atoms with van der Waals surface area (Å²) in [5.74, 6) is -1.88. The maximum atomic E-state index is 12.8. The van der Waals surface area contributed by atoms with Crippen LogP contribution in [0.4, 0.5) is 0 Å². The highest BCUT2D eigenvalue weighted by Gasteiger charge is 2.45. The molecule has 138 valence electrons. The minimum Gasteiger partial charge on any atom is -0.480 e. The van der Waals surface area contributed by atoms with Crippen molar-refractivity contribution in [3.8, 4) is 6.07 Å². The summed E-state index contributed by atoms with van der Waals surface area (Å²) in [5.41, 5.74) is 0. The highest BCUT2D eigenvalue weighted by Crippen LogP contribution is 2.35. The van der Waals surface area contributed by atoms with Crippen LogP contribution in [0, 0.1) is 23.2 Å². The van der Waals surface area contributed by atoms with Crippen LogP contribution in [0.3, 0.4) is 0 Å². The highest BCUT2D eigenvalue weighted by molar-refractivity contribution is 7.89. The number of hydrogen-bond donors (Lipinski definition) is 1. The quantitative estimate of drug-likeness (QED) is 0.766. The molecule has 0 aromatic heterocycles. The fourth-order valence-electron chi connectivity index (χ4n) is 4.10. The van der Waals surface area contributed by atoms with Gasteiger partial charge in [0.15, 0.2) is 0 Å². The Morgan fingerprint density at radius 1 is 1.12 bits per heavy atom. The molecule has 1 unspecified atom stereocenters. The maximum absolute atomic E-state index is 12.8. The number of likely N-dealkylation sites (tertiary alicyclic amines) is 1. The van der Waals surface area contributed by atoms with Crippen LogP contribution in [-0.2, 0) is 19.6 Å². The Bertz CT molecular complexity index is 695. The summed E-state index contributed by atoms with van der Waals surface area (Å²) < 4.78 is 26.7. The Labute approximate surface area is 147 Å². The van der Waals surface area contributed by atoms with E-state index in [1.807, 2.05) is 0 Å². The van der Waals surface area contributed by atoms with E-state index < -0.39 is 33.2 Å². The summed E-state index contributed by atoms with van der Waals surface area (Å²) in [6.45, 7) is 0.905. The van der Waals surface area contributed by atoms with Crippen LogP contribution < -0.4 is 0 Å². The van der Waals surface area contributed by atoms with Gasteiger partial charge in [-0.2, -0.15) is 9.57 Å². The summed E-state index contributed by atoms with van der Waals surface area (Å²) in [5, 5.41) is 17.5. The average molecular weight is 369 g/mol. The van der Waals surface area contributed by atoms with Crippen molar-refractivity contribution in [2.24, 2.45) is 11.8 Å². The molecule has 9 heteroatoms. The lowest BCUT2D eigenvalue weighted by molar-refractivity contribution is -0.150. The molecule has 3 fully saturated rings. The van der Waals surface area contributed by atoms with E-state index in [-0.39, 0.29) is 31.3 Å². The Morgan fingerprint density at radius 3 is 2.48 bits per heavy atom. The van der Waals surface area contributed by atoms with Crippen molar-refractivity contribution in [1.82, 2.24) is 9.21 Å². The van der Waals surface area contributed by atoms with E-state index in [0.29, 0.717) is 38.6 Å². The van der Waals surface area contributed by atoms with Crippen LogP contribution in [0.1, 0.15) is 38.5 Å². The van der Waals surface area contributed by atoms with Crippen molar-refractivity contribution in [3.05, 3.63) is 0 Å². The fourth-order valence-corrected chi connectivity index (χ4v) is 6.24. The van der Waals surface area contributed by atoms with Crippen LogP contribution in [0.5, 0.6) is 0 Å². The maximum Gasteiger partial charge on any atom is 0.326 e. The number of nitriles is 1. The molecular formula is C16H23N3O5S. The number of carboxylic acid groups (broad SMARTS) is 1. The monoisotopic (exact) mass is 369 g/mol. The molecule has 3 atom stereocenters. The lowest BCUT2D eigenvalue weighted by atomic mass is 9.87. The van der Waals surface area contributed by atoms with E-state index in [4.69, 9.17) is 5.26 Å². The number of carbonyl (C=O) groups is 2. The SMILES string of the molecule is N#CC1CN(S(=O)(=O)C2CCC[C@H](C(=O)N3CCC[C@@H]3C(=O)O)C2)C1. The van der Waals surface area contributed by atoms with Gasteiger partial charge in [0.2, 0.25) is 15.9 Å². The van der Waals surface area contributed by atoms with Gasteiger partial charge in [-0.3, -0.25) is 4.79 Å². The summed E-state index contributed by atoms with van der Waals surface area (Å²) in [6.07, 6.45) is 3.13. The minimum atomic E-state index is -3.49. The van der Waals surface area contributed by atoms with Gasteiger partial charge in [-0.25, -0.2) is 13.2 Å². The second-order valence-corrected chi connectivity index (χ2v) is 9.41. The molecule has 2 saturated heterocycles. The van der Waals surface area contributed by atoms with E-state index in [0.717, 1.165) is 0 Å². The molecule has 1 amide bonds. The van der Waals surface area contributed by atoms with Gasteiger partial charge in [-0.05, 0) is 32.1 Å². The Morgan fingerprint density at radius 2 is 1.84 bits per heavy atom. The Balaban J connectivity index is 1.66. The Hall–Kier alpha value is -1.66. The summed E-state index contributed by atoms with van der Waals surface area (Å²) in [4.78, 5) is 25.5. The fraction of sp³-hybridized carbons (Fsp3) is 0.812. The zero-order valence-electron chi connectivity index (χ0n) is 14.0. The van der Waals surface area contributed by atoms with Crippen LogP contribution in [-0.4, -0.2) is 65.5 Å². The number of hydrogen-bond acceptors (Lipinski definition) is 5. The van der Waals surface area contributed by atoms with Gasteiger partial charge in [0, 0.05) is 25.6 Å². The molecule has 0 radical (unpaired) electrons. The Kier molecular flexibility index (Phi) is 5.02. The lowest BCUT2D eigenvalue weighted by Crippen LogP contribution is -2.53. The van der Waals surface area contributed by atoms with Gasteiger partial charge < -0.3 is 10.0 Å². The van der Waals surface area contributed by atoms with Gasteiger partial charge in [-0.15, -0.1) is 0 Å². The molecule has 1 aliphatic carbocycles. The summed E-state index contributed by atoms with van der Waals surface area (Å²) in [7, 11) is -3.49. The van der Waals surface area contributed by atoms with Gasteiger partial charge in [0.05, 0.1) is 17.2 Å². The van der Waals surface area contributed by atoms with E-state index in [1.54, 1.807) is 0 Å². The minimum absolute atomic E-state index is 0.219. The molecule has 1 N–H and O–H groups in total. The largest absolute Gasteiger partial charge is 0.480 e. The van der Waals surface area contributed by atoms with Crippen molar-refractivity contribution in [1.29, 1.82) is 5.26 Å². The number of sulfonamides is 1. The normalized spacial score (nSPS) is 31.3. The third-order valence-corrected chi connectivity index (χ3v) is 7.90. The summed E-state index contributed by atoms with van der Waals surface area (Å²) >= 11 is 0. The average Bonchev–Trinajstić information content (AvgIpc) is 3.03. The highest BCUT2D eigenvalue weighted by atomic mass is 32.2. The summed E-state index contributed by atoms with van der Waals surface area (Å²) in [6, 6.07) is 1.28. The number of nitrogens with zero attached hydrogens (tertiary/aromatic N) is 3. The standard InChI is InChI=1S/C16H23N3O5S/c17-8-11-9-18(10-11)25(23,24)13-4-1-3-12(7-13)15(20)19-6-2-5-14(19)16(21)22/h11-14H,1-7,9-10H2,(H,21,22)/t12-,13?,14+/m0/s1. The third kappa shape index (κ3) is 3.37. The predicted molar refractivity (Wildman–Crippen MR) is 87.7 cm³/mol. The van der Waals surface area contributed by atoms with Crippen molar-refractivity contribution >= 4 is 21.9 Å². The number of carbonyl (C=O) groups excluding carboxylic acids is 1. The molecule has 2 aliphatic heterocycles. The van der Waals surface area contributed by atoms with Gasteiger partial charge in [0.25, 0.3) is 0 Å². The third-order valence-electron chi connectivity index (χ3n) is 5.61. The molecule has 0 spiro atoms. The number of aliphatic carboxylic acids is 1. The molecule has 3 rings (SSSR count). The molecule has 3 aliphatic rings. The molecule has 2 heterocycles. The van der Waals surface area contributed by atoms with Crippen molar-refractivity contribution in [2.75, 3.05) is 19.6 Å². The van der Waals surface area contributed by atoms with Crippen LogP contribution in [0.2, 0.25) is 0 Å². The van der Waals surface area contributed by atoms with Gasteiger partial charge in [0.1, 0.15) is 6.04 Å². The molecule has 25 heavy (non-hydrogen) atoms. The molecule has 0 bridgehead atoms. The first-order valence-corrected chi connectivity index (χ1v) is 10.3. The van der Waals surface area contributed by atoms with E-state index >= 15 is 0 Å². The number of amides is 1. The van der Waals surface area contributed by atoms with Crippen molar-refractivity contribution < 1.29 is 23.1 Å². The van der Waals surface area contributed by atoms with Crippen molar-refractivity contribution in [3.63, 3.8) is 0 Å². The molecule has 8 nitrogen and oxygen atoms in total. The van der Waals surface area contributed by atoms with Crippen molar-refractivity contribution in [2.45, 2.75) is 49.8 Å². The molecule has 0 aromatic rings. The molecule has 0 aromatic carbocycles. The van der Waals surface area contributed by atoms with Gasteiger partial charge >= 0.3 is 5.97 Å². The second-order valence-electron chi connectivity index (χ2n) is 7.20. The van der Waals surface area contributed by atoms with Gasteiger partial charge in [-0.1, -0.05) is 6.42 Å². The first-order chi connectivity index (χ1) is 11.8. The van der Waals surface area contributed by atoms with Crippen LogP contribution in [0.15, 0.2) is 0 Å². The van der Waals surface area contributed by atoms with E-state index in [1.165, 1.54) is 9.21 Å². The first kappa shape index (κ1) is 18.1. The van der Waals surface area contributed by atoms with E-state index in [2.05, 4.69) is 6.07 Å². The van der Waals surface area contributed by atoms with Crippen LogP contribution >= 0.6 is 0 Å². The zero-order chi connectivity index (χ0) is 18.2. The topological polar surface area (TPSA) is 119 Å². The smallest absolute Gasteiger partial charge is 0.326 e. The first-order valence-electron chi connectivity index (χ1n) is 8.76. The predicted octanol–water partition coefficient (Wildman–Crippen LogP) is 0.406. The van der Waals surface area contributed by atoms with E-state index in [9.17, 15) is 23.1 Å².